The Hall–Kier alpha value is -0.930. The molecule has 0 aromatic heterocycles. The maximum atomic E-state index is 13.4. The molecular formula is C15H24FNO. The van der Waals surface area contributed by atoms with E-state index in [9.17, 15) is 4.39 Å². The van der Waals surface area contributed by atoms with Crippen LogP contribution in [0, 0.1) is 5.82 Å². The summed E-state index contributed by atoms with van der Waals surface area (Å²) in [6.07, 6.45) is 2.22. The van der Waals surface area contributed by atoms with Crippen molar-refractivity contribution in [1.29, 1.82) is 0 Å². The fraction of sp³-hybridized carbons (Fsp3) is 0.600. The van der Waals surface area contributed by atoms with Gasteiger partial charge in [0, 0.05) is 18.2 Å². The molecule has 0 fully saturated rings. The molecule has 1 unspecified atom stereocenters. The predicted octanol–water partition coefficient (Wildman–Crippen LogP) is 3.51. The Labute approximate surface area is 110 Å². The first-order valence-corrected chi connectivity index (χ1v) is 6.71. The molecule has 3 heteroatoms. The molecule has 0 saturated heterocycles. The summed E-state index contributed by atoms with van der Waals surface area (Å²) < 4.78 is 19.2. The zero-order valence-corrected chi connectivity index (χ0v) is 11.6. The highest BCUT2D eigenvalue weighted by Crippen LogP contribution is 2.11. The summed E-state index contributed by atoms with van der Waals surface area (Å²) in [6.45, 7) is 7.52. The van der Waals surface area contributed by atoms with Gasteiger partial charge in [-0.2, -0.15) is 0 Å². The number of benzene rings is 1. The number of nitrogens with one attached hydrogen (secondary N) is 1. The average Bonchev–Trinajstić information content (AvgIpc) is 2.34. The molecular weight excluding hydrogens is 229 g/mol. The second-order valence-electron chi connectivity index (χ2n) is 4.88. The van der Waals surface area contributed by atoms with Crippen molar-refractivity contribution in [3.63, 3.8) is 0 Å². The van der Waals surface area contributed by atoms with Crippen LogP contribution in [0.1, 0.15) is 39.2 Å². The van der Waals surface area contributed by atoms with Gasteiger partial charge in [0.25, 0.3) is 0 Å². The van der Waals surface area contributed by atoms with E-state index in [1.54, 1.807) is 12.1 Å². The van der Waals surface area contributed by atoms with Gasteiger partial charge in [-0.05, 0) is 12.5 Å². The average molecular weight is 253 g/mol. The second-order valence-corrected chi connectivity index (χ2v) is 4.88. The van der Waals surface area contributed by atoms with Gasteiger partial charge in [0.2, 0.25) is 0 Å². The van der Waals surface area contributed by atoms with Crippen molar-refractivity contribution in [2.45, 2.75) is 52.4 Å². The quantitative estimate of drug-likeness (QED) is 0.765. The third-order valence-corrected chi connectivity index (χ3v) is 2.80. The van der Waals surface area contributed by atoms with Gasteiger partial charge in [-0.3, -0.25) is 0 Å². The van der Waals surface area contributed by atoms with Gasteiger partial charge >= 0.3 is 0 Å². The highest BCUT2D eigenvalue weighted by Gasteiger charge is 2.10. The van der Waals surface area contributed by atoms with Gasteiger partial charge in [-0.15, -0.1) is 0 Å². The van der Waals surface area contributed by atoms with Crippen molar-refractivity contribution >= 4 is 0 Å². The van der Waals surface area contributed by atoms with Gasteiger partial charge in [0.05, 0.1) is 12.7 Å². The third-order valence-electron chi connectivity index (χ3n) is 2.80. The molecule has 1 aromatic rings. The molecule has 0 aliphatic carbocycles. The molecule has 1 aromatic carbocycles. The summed E-state index contributed by atoms with van der Waals surface area (Å²) in [5.41, 5.74) is 0.628. The minimum absolute atomic E-state index is 0.150. The Morgan fingerprint density at radius 1 is 1.28 bits per heavy atom. The van der Waals surface area contributed by atoms with Crippen molar-refractivity contribution in [2.75, 3.05) is 6.54 Å². The zero-order chi connectivity index (χ0) is 13.4. The van der Waals surface area contributed by atoms with E-state index in [2.05, 4.69) is 26.1 Å². The molecule has 2 nitrogen and oxygen atoms in total. The number of hydrogen-bond acceptors (Lipinski definition) is 2. The molecule has 0 bridgehead atoms. The highest BCUT2D eigenvalue weighted by atomic mass is 19.1. The Morgan fingerprint density at radius 3 is 2.61 bits per heavy atom. The lowest BCUT2D eigenvalue weighted by atomic mass is 10.2. The largest absolute Gasteiger partial charge is 0.372 e. The van der Waals surface area contributed by atoms with E-state index in [1.807, 2.05) is 6.07 Å². The molecule has 1 rings (SSSR count). The first kappa shape index (κ1) is 15.1. The summed E-state index contributed by atoms with van der Waals surface area (Å²) in [4.78, 5) is 0. The number of rotatable bonds is 8. The summed E-state index contributed by atoms with van der Waals surface area (Å²) >= 11 is 0. The Bertz CT molecular complexity index is 341. The number of halogens is 1. The zero-order valence-electron chi connectivity index (χ0n) is 11.6. The molecule has 1 N–H and O–H groups in total. The number of ether oxygens (including phenoxy) is 1. The lowest BCUT2D eigenvalue weighted by Gasteiger charge is -2.19. The Morgan fingerprint density at radius 2 is 2.00 bits per heavy atom. The Balaban J connectivity index is 2.44. The van der Waals surface area contributed by atoms with Crippen molar-refractivity contribution in [1.82, 2.24) is 5.32 Å². The lowest BCUT2D eigenvalue weighted by molar-refractivity contribution is 0.0322. The van der Waals surface area contributed by atoms with E-state index in [0.717, 1.165) is 19.4 Å². The van der Waals surface area contributed by atoms with Gasteiger partial charge in [0.1, 0.15) is 5.82 Å². The van der Waals surface area contributed by atoms with Crippen LogP contribution in [-0.2, 0) is 11.3 Å². The summed E-state index contributed by atoms with van der Waals surface area (Å²) in [5, 5.41) is 3.36. The van der Waals surface area contributed by atoms with Gasteiger partial charge in [-0.25, -0.2) is 4.39 Å². The lowest BCUT2D eigenvalue weighted by Crippen LogP contribution is -2.33. The summed E-state index contributed by atoms with van der Waals surface area (Å²) in [6, 6.07) is 7.22. The van der Waals surface area contributed by atoms with Gasteiger partial charge in [-0.1, -0.05) is 45.4 Å². The van der Waals surface area contributed by atoms with Crippen LogP contribution in [0.25, 0.3) is 0 Å². The van der Waals surface area contributed by atoms with Crippen molar-refractivity contribution < 1.29 is 9.13 Å². The van der Waals surface area contributed by atoms with E-state index in [4.69, 9.17) is 4.74 Å². The second kappa shape index (κ2) is 8.22. The van der Waals surface area contributed by atoms with Crippen molar-refractivity contribution in [3.8, 4) is 0 Å². The first-order valence-electron chi connectivity index (χ1n) is 6.71. The molecule has 0 heterocycles. The molecule has 0 aliphatic rings. The molecule has 0 saturated carbocycles. The van der Waals surface area contributed by atoms with Crippen LogP contribution < -0.4 is 5.32 Å². The first-order chi connectivity index (χ1) is 8.63. The van der Waals surface area contributed by atoms with Crippen LogP contribution in [-0.4, -0.2) is 18.7 Å². The minimum atomic E-state index is -0.190. The molecule has 1 atom stereocenters. The summed E-state index contributed by atoms with van der Waals surface area (Å²) in [7, 11) is 0. The molecule has 102 valence electrons. The van der Waals surface area contributed by atoms with Crippen LogP contribution in [0.5, 0.6) is 0 Å². The third kappa shape index (κ3) is 5.61. The van der Waals surface area contributed by atoms with E-state index >= 15 is 0 Å². The van der Waals surface area contributed by atoms with Gasteiger partial charge in [0.15, 0.2) is 0 Å². The minimum Gasteiger partial charge on any atom is -0.372 e. The van der Waals surface area contributed by atoms with Crippen LogP contribution in [0.2, 0.25) is 0 Å². The predicted molar refractivity (Wildman–Crippen MR) is 73.0 cm³/mol. The van der Waals surface area contributed by atoms with Crippen molar-refractivity contribution in [2.24, 2.45) is 0 Å². The fourth-order valence-corrected chi connectivity index (χ4v) is 1.76. The molecule has 0 radical (unpaired) electrons. The van der Waals surface area contributed by atoms with Crippen LogP contribution in [0.15, 0.2) is 24.3 Å². The SMILES string of the molecule is CCCC(CNC(C)C)OCc1ccccc1F. The normalized spacial score (nSPS) is 12.9. The smallest absolute Gasteiger partial charge is 0.128 e. The highest BCUT2D eigenvalue weighted by molar-refractivity contribution is 5.16. The fourth-order valence-electron chi connectivity index (χ4n) is 1.76. The van der Waals surface area contributed by atoms with Crippen LogP contribution in [0.3, 0.4) is 0 Å². The van der Waals surface area contributed by atoms with E-state index < -0.39 is 0 Å². The van der Waals surface area contributed by atoms with Crippen LogP contribution >= 0.6 is 0 Å². The van der Waals surface area contributed by atoms with E-state index in [1.165, 1.54) is 6.07 Å². The maximum Gasteiger partial charge on any atom is 0.128 e. The molecule has 0 amide bonds. The molecule has 18 heavy (non-hydrogen) atoms. The Kier molecular flexibility index (Phi) is 6.91. The topological polar surface area (TPSA) is 21.3 Å². The molecule has 0 aliphatic heterocycles. The van der Waals surface area contributed by atoms with Crippen LogP contribution in [0.4, 0.5) is 4.39 Å². The van der Waals surface area contributed by atoms with Crippen molar-refractivity contribution in [3.05, 3.63) is 35.6 Å². The van der Waals surface area contributed by atoms with Gasteiger partial charge < -0.3 is 10.1 Å². The van der Waals surface area contributed by atoms with E-state index in [0.29, 0.717) is 18.2 Å². The standard InChI is InChI=1S/C15H24FNO/c1-4-7-14(10-17-12(2)3)18-11-13-8-5-6-9-15(13)16/h5-6,8-9,12,14,17H,4,7,10-11H2,1-3H3. The van der Waals surface area contributed by atoms with E-state index in [-0.39, 0.29) is 11.9 Å². The maximum absolute atomic E-state index is 13.4. The molecule has 0 spiro atoms. The summed E-state index contributed by atoms with van der Waals surface area (Å²) in [5.74, 6) is -0.190. The monoisotopic (exact) mass is 253 g/mol. The number of hydrogen-bond donors (Lipinski definition) is 1.